The van der Waals surface area contributed by atoms with Gasteiger partial charge in [0.25, 0.3) is 5.91 Å². The Morgan fingerprint density at radius 3 is 2.74 bits per heavy atom. The van der Waals surface area contributed by atoms with Crippen molar-refractivity contribution < 1.29 is 9.53 Å². The fourth-order valence-electron chi connectivity index (χ4n) is 3.22. The highest BCUT2D eigenvalue weighted by Crippen LogP contribution is 2.22. The zero-order valence-electron chi connectivity index (χ0n) is 15.8. The summed E-state index contributed by atoms with van der Waals surface area (Å²) in [5.41, 5.74) is 0.756. The minimum Gasteiger partial charge on any atom is -0.486 e. The first-order valence-corrected chi connectivity index (χ1v) is 10.5. The number of aryl methyl sites for hydroxylation is 1. The van der Waals surface area contributed by atoms with Crippen molar-refractivity contribution in [2.75, 3.05) is 26.7 Å². The van der Waals surface area contributed by atoms with Crippen LogP contribution in [0.3, 0.4) is 0 Å². The number of rotatable bonds is 7. The average Bonchev–Trinajstić information content (AvgIpc) is 3.03. The van der Waals surface area contributed by atoms with Crippen molar-refractivity contribution >= 4 is 28.8 Å². The third kappa shape index (κ3) is 5.92. The van der Waals surface area contributed by atoms with Crippen LogP contribution in [0, 0.1) is 12.8 Å². The summed E-state index contributed by atoms with van der Waals surface area (Å²) < 4.78 is 5.72. The van der Waals surface area contributed by atoms with Gasteiger partial charge in [-0.05, 0) is 76.5 Å². The molecule has 1 aliphatic heterocycles. The highest BCUT2D eigenvalue weighted by molar-refractivity contribution is 7.13. The Labute approximate surface area is 169 Å². The molecule has 0 radical (unpaired) electrons. The van der Waals surface area contributed by atoms with Gasteiger partial charge in [-0.1, -0.05) is 11.6 Å². The Morgan fingerprint density at radius 1 is 1.33 bits per heavy atom. The third-order valence-electron chi connectivity index (χ3n) is 4.90. The maximum absolute atomic E-state index is 12.5. The largest absolute Gasteiger partial charge is 0.486 e. The molecule has 2 aromatic rings. The van der Waals surface area contributed by atoms with E-state index in [4.69, 9.17) is 16.3 Å². The predicted octanol–water partition coefficient (Wildman–Crippen LogP) is 4.15. The monoisotopic (exact) mass is 407 g/mol. The fourth-order valence-corrected chi connectivity index (χ4v) is 4.24. The molecule has 146 valence electrons. The predicted molar refractivity (Wildman–Crippen MR) is 110 cm³/mol. The number of ether oxygens (including phenoxy) is 1. The lowest BCUT2D eigenvalue weighted by Gasteiger charge is -2.28. The number of benzene rings is 1. The topological polar surface area (TPSA) is 54.5 Å². The van der Waals surface area contributed by atoms with Gasteiger partial charge >= 0.3 is 0 Å². The van der Waals surface area contributed by atoms with E-state index < -0.39 is 0 Å². The maximum atomic E-state index is 12.5. The summed E-state index contributed by atoms with van der Waals surface area (Å²) in [5.74, 6) is 1.42. The van der Waals surface area contributed by atoms with Crippen LogP contribution < -0.4 is 10.1 Å². The molecule has 1 aromatic carbocycles. The van der Waals surface area contributed by atoms with Gasteiger partial charge in [0, 0.05) is 11.6 Å². The molecule has 1 aliphatic rings. The lowest BCUT2D eigenvalue weighted by molar-refractivity contribution is 0.0952. The third-order valence-corrected chi connectivity index (χ3v) is 6.28. The smallest absolute Gasteiger partial charge is 0.263 e. The number of carbonyl (C=O) groups is 1. The van der Waals surface area contributed by atoms with E-state index in [1.165, 1.54) is 24.2 Å². The Kier molecular flexibility index (Phi) is 7.10. The molecule has 1 aromatic heterocycles. The van der Waals surface area contributed by atoms with Crippen molar-refractivity contribution in [2.45, 2.75) is 32.8 Å². The van der Waals surface area contributed by atoms with Crippen molar-refractivity contribution in [3.63, 3.8) is 0 Å². The quantitative estimate of drug-likeness (QED) is 0.749. The van der Waals surface area contributed by atoms with Crippen LogP contribution in [0.25, 0.3) is 0 Å². The highest BCUT2D eigenvalue weighted by atomic mass is 35.5. The molecule has 0 unspecified atom stereocenters. The summed E-state index contributed by atoms with van der Waals surface area (Å²) >= 11 is 7.27. The summed E-state index contributed by atoms with van der Waals surface area (Å²) in [7, 11) is 2.17. The minimum atomic E-state index is -0.0318. The number of thiazole rings is 1. The number of piperidine rings is 1. The molecular weight excluding hydrogens is 382 g/mol. The van der Waals surface area contributed by atoms with Crippen LogP contribution in [0.5, 0.6) is 5.75 Å². The van der Waals surface area contributed by atoms with Crippen LogP contribution in [-0.2, 0) is 6.61 Å². The van der Waals surface area contributed by atoms with Crippen LogP contribution in [0.2, 0.25) is 5.02 Å². The maximum Gasteiger partial charge on any atom is 0.263 e. The number of halogens is 1. The summed E-state index contributed by atoms with van der Waals surface area (Å²) in [5, 5.41) is 4.52. The molecule has 5 nitrogen and oxygen atoms in total. The van der Waals surface area contributed by atoms with Crippen molar-refractivity contribution in [3.05, 3.63) is 44.9 Å². The molecule has 0 aliphatic carbocycles. The summed E-state index contributed by atoms with van der Waals surface area (Å²) in [6.45, 7) is 5.25. The van der Waals surface area contributed by atoms with E-state index in [1.54, 1.807) is 12.1 Å². The lowest BCUT2D eigenvalue weighted by atomic mass is 9.94. The molecule has 3 rings (SSSR count). The van der Waals surface area contributed by atoms with Crippen LogP contribution in [0.15, 0.2) is 24.3 Å². The Bertz CT molecular complexity index is 755. The first-order chi connectivity index (χ1) is 13.0. The van der Waals surface area contributed by atoms with E-state index in [1.807, 2.05) is 19.1 Å². The van der Waals surface area contributed by atoms with Crippen LogP contribution >= 0.6 is 22.9 Å². The second-order valence-electron chi connectivity index (χ2n) is 7.06. The second kappa shape index (κ2) is 9.53. The standard InChI is InChI=1S/C20H26ClN3O2S/c1-14-19(20(25)22-10-7-15-8-11-24(2)12-9-15)27-18(23-14)13-26-17-5-3-16(21)4-6-17/h3-6,15H,7-13H2,1-2H3,(H,22,25). The van der Waals surface area contributed by atoms with Crippen LogP contribution in [0.1, 0.15) is 39.6 Å². The summed E-state index contributed by atoms with van der Waals surface area (Å²) in [6.07, 6.45) is 3.49. The van der Waals surface area contributed by atoms with E-state index in [0.29, 0.717) is 22.4 Å². The molecule has 1 saturated heterocycles. The zero-order chi connectivity index (χ0) is 19.2. The first kappa shape index (κ1) is 20.1. The number of aromatic nitrogens is 1. The van der Waals surface area contributed by atoms with E-state index in [-0.39, 0.29) is 5.91 Å². The molecule has 0 saturated carbocycles. The van der Waals surface area contributed by atoms with Gasteiger partial charge in [-0.3, -0.25) is 4.79 Å². The molecule has 0 spiro atoms. The molecule has 27 heavy (non-hydrogen) atoms. The van der Waals surface area contributed by atoms with Gasteiger partial charge in [0.15, 0.2) is 0 Å². The van der Waals surface area contributed by atoms with Gasteiger partial charge in [-0.15, -0.1) is 11.3 Å². The molecule has 1 fully saturated rings. The SMILES string of the molecule is Cc1nc(COc2ccc(Cl)cc2)sc1C(=O)NCCC1CCN(C)CC1. The van der Waals surface area contributed by atoms with Gasteiger partial charge in [0.1, 0.15) is 22.2 Å². The molecule has 0 bridgehead atoms. The Hall–Kier alpha value is -1.63. The van der Waals surface area contributed by atoms with E-state index in [9.17, 15) is 4.79 Å². The van der Waals surface area contributed by atoms with Gasteiger partial charge < -0.3 is 15.0 Å². The molecule has 1 N–H and O–H groups in total. The fraction of sp³-hybridized carbons (Fsp3) is 0.500. The molecule has 2 heterocycles. The van der Waals surface area contributed by atoms with Crippen LogP contribution in [0.4, 0.5) is 0 Å². The molecule has 7 heteroatoms. The van der Waals surface area contributed by atoms with Gasteiger partial charge in [-0.25, -0.2) is 4.98 Å². The van der Waals surface area contributed by atoms with Gasteiger partial charge in [0.2, 0.25) is 0 Å². The number of amides is 1. The van der Waals surface area contributed by atoms with Crippen LogP contribution in [-0.4, -0.2) is 42.5 Å². The highest BCUT2D eigenvalue weighted by Gasteiger charge is 2.18. The van der Waals surface area contributed by atoms with Gasteiger partial charge in [0.05, 0.1) is 5.69 Å². The zero-order valence-corrected chi connectivity index (χ0v) is 17.4. The number of hydrogen-bond acceptors (Lipinski definition) is 5. The van der Waals surface area contributed by atoms with E-state index in [2.05, 4.69) is 22.2 Å². The summed E-state index contributed by atoms with van der Waals surface area (Å²) in [4.78, 5) is 20.0. The number of nitrogens with one attached hydrogen (secondary N) is 1. The first-order valence-electron chi connectivity index (χ1n) is 9.32. The van der Waals surface area contributed by atoms with Crippen molar-refractivity contribution in [3.8, 4) is 5.75 Å². The number of hydrogen-bond donors (Lipinski definition) is 1. The van der Waals surface area contributed by atoms with Crippen molar-refractivity contribution in [1.82, 2.24) is 15.2 Å². The Balaban J connectivity index is 1.46. The number of likely N-dealkylation sites (tertiary alicyclic amines) is 1. The van der Waals surface area contributed by atoms with E-state index in [0.717, 1.165) is 42.5 Å². The minimum absolute atomic E-state index is 0.0318. The molecule has 0 atom stereocenters. The van der Waals surface area contributed by atoms with E-state index >= 15 is 0 Å². The average molecular weight is 408 g/mol. The van der Waals surface area contributed by atoms with Gasteiger partial charge in [-0.2, -0.15) is 0 Å². The number of nitrogens with zero attached hydrogens (tertiary/aromatic N) is 2. The lowest BCUT2D eigenvalue weighted by Crippen LogP contribution is -2.32. The number of carbonyl (C=O) groups excluding carboxylic acids is 1. The Morgan fingerprint density at radius 2 is 2.04 bits per heavy atom. The second-order valence-corrected chi connectivity index (χ2v) is 8.58. The van der Waals surface area contributed by atoms with Crippen molar-refractivity contribution in [1.29, 1.82) is 0 Å². The molecular formula is C20H26ClN3O2S. The summed E-state index contributed by atoms with van der Waals surface area (Å²) in [6, 6.07) is 7.21. The normalized spacial score (nSPS) is 15.7. The molecule has 1 amide bonds. The van der Waals surface area contributed by atoms with Crippen molar-refractivity contribution in [2.24, 2.45) is 5.92 Å².